The third-order valence-electron chi connectivity index (χ3n) is 4.31. The molecule has 0 fully saturated rings. The van der Waals surface area contributed by atoms with Gasteiger partial charge in [-0.1, -0.05) is 46.0 Å². The average molecular weight is 259 g/mol. The molecular weight excluding hydrogens is 223 g/mol. The zero-order chi connectivity index (χ0) is 13.0. The molecule has 0 aliphatic heterocycles. The van der Waals surface area contributed by atoms with Crippen LogP contribution < -0.4 is 0 Å². The van der Waals surface area contributed by atoms with Gasteiger partial charge in [-0.05, 0) is 33.1 Å². The fraction of sp³-hybridized carbons (Fsp3) is 1.00. The van der Waals surface area contributed by atoms with Crippen molar-refractivity contribution >= 4 is 7.26 Å². The first-order chi connectivity index (χ1) is 8.24. The van der Waals surface area contributed by atoms with E-state index in [1.165, 1.54) is 63.7 Å². The number of hydrogen-bond donors (Lipinski definition) is 0. The van der Waals surface area contributed by atoms with Gasteiger partial charge in [0.1, 0.15) is 0 Å². The van der Waals surface area contributed by atoms with Gasteiger partial charge in [0, 0.05) is 7.26 Å². The second-order valence-corrected chi connectivity index (χ2v) is 10.4. The van der Waals surface area contributed by atoms with E-state index >= 15 is 0 Å². The van der Waals surface area contributed by atoms with Crippen LogP contribution in [-0.2, 0) is 0 Å². The van der Waals surface area contributed by atoms with E-state index in [-0.39, 0.29) is 0 Å². The molecule has 0 N–H and O–H groups in total. The van der Waals surface area contributed by atoms with Crippen molar-refractivity contribution in [2.75, 3.05) is 24.6 Å². The molecule has 0 bridgehead atoms. The average Bonchev–Trinajstić information content (AvgIpc) is 2.37. The molecule has 0 radical (unpaired) electrons. The van der Waals surface area contributed by atoms with Crippen molar-refractivity contribution in [1.29, 1.82) is 0 Å². The summed E-state index contributed by atoms with van der Waals surface area (Å²) in [7, 11) is -0.536. The summed E-state index contributed by atoms with van der Waals surface area (Å²) in [5.74, 6) is 0. The number of unbranched alkanes of at least 4 members (excludes halogenated alkanes) is 6. The van der Waals surface area contributed by atoms with E-state index in [0.717, 1.165) is 0 Å². The van der Waals surface area contributed by atoms with Crippen molar-refractivity contribution in [3.8, 4) is 0 Å². The highest BCUT2D eigenvalue weighted by Crippen LogP contribution is 2.59. The molecule has 0 saturated heterocycles. The Morgan fingerprint density at radius 3 is 1.41 bits per heavy atom. The van der Waals surface area contributed by atoms with E-state index in [1.54, 1.807) is 12.3 Å². The molecule has 0 aliphatic rings. The predicted octanol–water partition coefficient (Wildman–Crippen LogP) is 6.20. The zero-order valence-corrected chi connectivity index (χ0v) is 13.8. The van der Waals surface area contributed by atoms with Crippen LogP contribution >= 0.6 is 7.26 Å². The van der Waals surface area contributed by atoms with Gasteiger partial charge in [-0.3, -0.25) is 0 Å². The normalized spacial score (nSPS) is 12.0. The van der Waals surface area contributed by atoms with Gasteiger partial charge < -0.3 is 0 Å². The van der Waals surface area contributed by atoms with E-state index < -0.39 is 7.26 Å². The van der Waals surface area contributed by atoms with E-state index in [4.69, 9.17) is 0 Å². The third-order valence-corrected chi connectivity index (χ3v) is 9.53. The fourth-order valence-electron chi connectivity index (χ4n) is 2.72. The van der Waals surface area contributed by atoms with E-state index in [0.29, 0.717) is 0 Å². The monoisotopic (exact) mass is 259 g/mol. The highest BCUT2D eigenvalue weighted by atomic mass is 31.2. The second-order valence-electron chi connectivity index (χ2n) is 5.54. The molecule has 0 nitrogen and oxygen atoms in total. The second kappa shape index (κ2) is 11.5. The maximum Gasteiger partial charge on any atom is 0.0594 e. The molecule has 1 heteroatoms. The maximum absolute atomic E-state index is 2.45. The Morgan fingerprint density at radius 2 is 0.941 bits per heavy atom. The van der Waals surface area contributed by atoms with Gasteiger partial charge in [0.25, 0.3) is 0 Å². The lowest BCUT2D eigenvalue weighted by Crippen LogP contribution is -2.09. The molecule has 0 unspecified atom stereocenters. The summed E-state index contributed by atoms with van der Waals surface area (Å²) >= 11 is 0. The quantitative estimate of drug-likeness (QED) is 0.289. The minimum Gasteiger partial charge on any atom is -0.0654 e. The first kappa shape index (κ1) is 17.4. The Bertz CT molecular complexity index is 150. The van der Waals surface area contributed by atoms with Crippen LogP contribution in [0.4, 0.5) is 0 Å². The van der Waals surface area contributed by atoms with Crippen molar-refractivity contribution < 1.29 is 0 Å². The lowest BCUT2D eigenvalue weighted by Gasteiger charge is -2.25. The van der Waals surface area contributed by atoms with Crippen LogP contribution in [0.5, 0.6) is 0 Å². The predicted molar refractivity (Wildman–Crippen MR) is 86.0 cm³/mol. The Morgan fingerprint density at radius 1 is 0.529 bits per heavy atom. The summed E-state index contributed by atoms with van der Waals surface area (Å²) in [5.41, 5.74) is 0. The molecule has 0 saturated carbocycles. The minimum atomic E-state index is -0.536. The lowest BCUT2D eigenvalue weighted by atomic mass is 10.2. The lowest BCUT2D eigenvalue weighted by molar-refractivity contribution is 0.656. The highest BCUT2D eigenvalue weighted by Gasteiger charge is 2.31. The van der Waals surface area contributed by atoms with Crippen LogP contribution in [-0.4, -0.2) is 24.6 Å². The van der Waals surface area contributed by atoms with Crippen LogP contribution in [0.3, 0.4) is 0 Å². The molecule has 17 heavy (non-hydrogen) atoms. The summed E-state index contributed by atoms with van der Waals surface area (Å²) < 4.78 is 0. The Labute approximate surface area is 111 Å². The van der Waals surface area contributed by atoms with Gasteiger partial charge in [0.2, 0.25) is 0 Å². The molecule has 0 rings (SSSR count). The molecule has 0 aromatic heterocycles. The Hall–Kier alpha value is 0.430. The number of hydrogen-bond acceptors (Lipinski definition) is 0. The largest absolute Gasteiger partial charge is 0.0654 e. The first-order valence-corrected chi connectivity index (χ1v) is 10.6. The molecule has 0 aromatic rings. The van der Waals surface area contributed by atoms with Crippen LogP contribution in [0.2, 0.25) is 0 Å². The minimum absolute atomic E-state index is 0.536. The van der Waals surface area contributed by atoms with Crippen LogP contribution in [0.15, 0.2) is 0 Å². The Kier molecular flexibility index (Phi) is 11.8. The van der Waals surface area contributed by atoms with Crippen LogP contribution in [0, 0.1) is 0 Å². The van der Waals surface area contributed by atoms with Gasteiger partial charge in [-0.25, -0.2) is 0 Å². The zero-order valence-electron chi connectivity index (χ0n) is 12.9. The summed E-state index contributed by atoms with van der Waals surface area (Å²) in [6, 6.07) is 0. The topological polar surface area (TPSA) is 0 Å². The maximum atomic E-state index is 2.45. The summed E-state index contributed by atoms with van der Waals surface area (Å²) in [5, 5.41) is 0. The first-order valence-electron chi connectivity index (χ1n) is 8.09. The number of rotatable bonds is 12. The third kappa shape index (κ3) is 8.20. The molecule has 104 valence electrons. The van der Waals surface area contributed by atoms with Crippen LogP contribution in [0.25, 0.3) is 0 Å². The summed E-state index contributed by atoms with van der Waals surface area (Å²) in [6.45, 7) is 9.54. The van der Waals surface area contributed by atoms with E-state index in [9.17, 15) is 0 Å². The SMILES string of the molecule is CCCCCCC[P+](CC)(CC)CCCCC. The van der Waals surface area contributed by atoms with E-state index in [1.807, 2.05) is 0 Å². The van der Waals surface area contributed by atoms with Gasteiger partial charge in [0.15, 0.2) is 0 Å². The Balaban J connectivity index is 3.85. The molecule has 0 spiro atoms. The summed E-state index contributed by atoms with van der Waals surface area (Å²) in [4.78, 5) is 0. The fourth-order valence-corrected chi connectivity index (χ4v) is 6.44. The summed E-state index contributed by atoms with van der Waals surface area (Å²) in [6.07, 6.45) is 17.8. The van der Waals surface area contributed by atoms with Gasteiger partial charge in [-0.15, -0.1) is 0 Å². The molecule has 0 aliphatic carbocycles. The van der Waals surface area contributed by atoms with Gasteiger partial charge >= 0.3 is 0 Å². The van der Waals surface area contributed by atoms with Crippen molar-refractivity contribution in [3.05, 3.63) is 0 Å². The molecule has 0 heterocycles. The molecule has 0 aromatic carbocycles. The highest BCUT2D eigenvalue weighted by molar-refractivity contribution is 7.75. The standard InChI is InChI=1S/C16H36P/c1-5-9-11-12-14-16-17(7-3,8-4)15-13-10-6-2/h5-16H2,1-4H3/q+1. The van der Waals surface area contributed by atoms with Gasteiger partial charge in [0.05, 0.1) is 24.6 Å². The smallest absolute Gasteiger partial charge is 0.0594 e. The van der Waals surface area contributed by atoms with Crippen molar-refractivity contribution in [2.24, 2.45) is 0 Å². The van der Waals surface area contributed by atoms with Crippen molar-refractivity contribution in [1.82, 2.24) is 0 Å². The van der Waals surface area contributed by atoms with Gasteiger partial charge in [-0.2, -0.15) is 0 Å². The van der Waals surface area contributed by atoms with E-state index in [2.05, 4.69) is 27.7 Å². The van der Waals surface area contributed by atoms with Crippen molar-refractivity contribution in [3.63, 3.8) is 0 Å². The molecule has 0 atom stereocenters. The van der Waals surface area contributed by atoms with Crippen molar-refractivity contribution in [2.45, 2.75) is 79.1 Å². The van der Waals surface area contributed by atoms with Crippen LogP contribution in [0.1, 0.15) is 79.1 Å². The molecule has 0 amide bonds. The molecular formula is C16H36P+.